The van der Waals surface area contributed by atoms with Crippen molar-refractivity contribution < 1.29 is 13.2 Å². The van der Waals surface area contributed by atoms with Gasteiger partial charge in [0.2, 0.25) is 0 Å². The number of carbonyl (C=O) groups is 1. The molecule has 1 saturated carbocycles. The van der Waals surface area contributed by atoms with Gasteiger partial charge in [-0.2, -0.15) is 0 Å². The lowest BCUT2D eigenvalue weighted by atomic mass is 9.76. The van der Waals surface area contributed by atoms with E-state index in [0.29, 0.717) is 41.5 Å². The first kappa shape index (κ1) is 11.1. The minimum Gasteiger partial charge on any atom is -0.300 e. The molecule has 1 aliphatic carbocycles. The summed E-state index contributed by atoms with van der Waals surface area (Å²) in [4.78, 5) is 11.3. The van der Waals surface area contributed by atoms with E-state index in [2.05, 4.69) is 6.92 Å². The summed E-state index contributed by atoms with van der Waals surface area (Å²) in [5, 5.41) is 0. The number of rotatable bonds is 2. The van der Waals surface area contributed by atoms with E-state index in [4.69, 9.17) is 0 Å². The summed E-state index contributed by atoms with van der Waals surface area (Å²) >= 11 is 0. The van der Waals surface area contributed by atoms with E-state index in [0.717, 1.165) is 19.3 Å². The summed E-state index contributed by atoms with van der Waals surface area (Å²) in [7, 11) is -2.70. The highest BCUT2D eigenvalue weighted by molar-refractivity contribution is 7.92. The Morgan fingerprint density at radius 3 is 2.60 bits per heavy atom. The molecule has 1 aliphatic heterocycles. The van der Waals surface area contributed by atoms with Crippen LogP contribution in [0, 0.1) is 17.8 Å². The van der Waals surface area contributed by atoms with Crippen LogP contribution in [0.2, 0.25) is 0 Å². The Kier molecular flexibility index (Phi) is 2.88. The minimum atomic E-state index is -2.70. The second-order valence-corrected chi connectivity index (χ2v) is 7.35. The monoisotopic (exact) mass is 230 g/mol. The van der Waals surface area contributed by atoms with Crippen molar-refractivity contribution in [2.45, 2.75) is 32.6 Å². The SMILES string of the molecule is CC1CCC(=O)CC1CC1CS(=O)(=O)C1. The maximum absolute atomic E-state index is 11.3. The Bertz CT molecular complexity index is 346. The predicted octanol–water partition coefficient (Wildman–Crippen LogP) is 1.43. The molecule has 4 heteroatoms. The van der Waals surface area contributed by atoms with Gasteiger partial charge in [0.05, 0.1) is 11.5 Å². The molecule has 2 aliphatic rings. The van der Waals surface area contributed by atoms with Gasteiger partial charge in [0.15, 0.2) is 9.84 Å². The summed E-state index contributed by atoms with van der Waals surface area (Å²) in [6, 6.07) is 0. The predicted molar refractivity (Wildman–Crippen MR) is 58.3 cm³/mol. The molecule has 0 bridgehead atoms. The van der Waals surface area contributed by atoms with E-state index in [1.807, 2.05) is 0 Å². The maximum atomic E-state index is 11.3. The zero-order chi connectivity index (χ0) is 11.1. The van der Waals surface area contributed by atoms with Crippen LogP contribution in [0.3, 0.4) is 0 Å². The normalized spacial score (nSPS) is 36.2. The topological polar surface area (TPSA) is 51.2 Å². The number of ketones is 1. The Balaban J connectivity index is 1.86. The van der Waals surface area contributed by atoms with Gasteiger partial charge in [-0.1, -0.05) is 6.92 Å². The first-order chi connectivity index (χ1) is 6.96. The zero-order valence-electron chi connectivity index (χ0n) is 9.11. The molecule has 15 heavy (non-hydrogen) atoms. The van der Waals surface area contributed by atoms with Crippen LogP contribution in [0.25, 0.3) is 0 Å². The van der Waals surface area contributed by atoms with Gasteiger partial charge in [-0.15, -0.1) is 0 Å². The number of Topliss-reactive ketones (excluding diaryl/α,β-unsaturated/α-hetero) is 1. The Hall–Kier alpha value is -0.380. The molecule has 0 aromatic carbocycles. The summed E-state index contributed by atoms with van der Waals surface area (Å²) in [6.45, 7) is 2.18. The molecule has 0 aromatic heterocycles. The van der Waals surface area contributed by atoms with Gasteiger partial charge in [0.1, 0.15) is 5.78 Å². The van der Waals surface area contributed by atoms with Crippen LogP contribution in [0.4, 0.5) is 0 Å². The van der Waals surface area contributed by atoms with E-state index < -0.39 is 9.84 Å². The third kappa shape index (κ3) is 2.60. The first-order valence-corrected chi connectivity index (χ1v) is 7.50. The van der Waals surface area contributed by atoms with Gasteiger partial charge in [-0.25, -0.2) is 8.42 Å². The molecule has 2 unspecified atom stereocenters. The van der Waals surface area contributed by atoms with Crippen LogP contribution in [-0.4, -0.2) is 25.7 Å². The van der Waals surface area contributed by atoms with Crippen LogP contribution < -0.4 is 0 Å². The molecular formula is C11H18O3S. The van der Waals surface area contributed by atoms with E-state index in [9.17, 15) is 13.2 Å². The van der Waals surface area contributed by atoms with Crippen molar-refractivity contribution in [1.82, 2.24) is 0 Å². The van der Waals surface area contributed by atoms with Gasteiger partial charge in [-0.3, -0.25) is 4.79 Å². The van der Waals surface area contributed by atoms with Crippen LogP contribution in [-0.2, 0) is 14.6 Å². The fourth-order valence-corrected chi connectivity index (χ4v) is 4.38. The minimum absolute atomic E-state index is 0.327. The van der Waals surface area contributed by atoms with Crippen molar-refractivity contribution in [3.8, 4) is 0 Å². The molecule has 1 saturated heterocycles. The van der Waals surface area contributed by atoms with Gasteiger partial charge in [0.25, 0.3) is 0 Å². The lowest BCUT2D eigenvalue weighted by Crippen LogP contribution is -2.39. The lowest BCUT2D eigenvalue weighted by Gasteiger charge is -2.34. The molecule has 3 nitrogen and oxygen atoms in total. The van der Waals surface area contributed by atoms with E-state index >= 15 is 0 Å². The van der Waals surface area contributed by atoms with Crippen molar-refractivity contribution >= 4 is 15.6 Å². The number of carbonyl (C=O) groups excluding carboxylic acids is 1. The second-order valence-electron chi connectivity index (χ2n) is 5.20. The maximum Gasteiger partial charge on any atom is 0.150 e. The highest BCUT2D eigenvalue weighted by atomic mass is 32.2. The Morgan fingerprint density at radius 1 is 1.33 bits per heavy atom. The summed E-state index contributed by atoms with van der Waals surface area (Å²) in [5.41, 5.74) is 0. The van der Waals surface area contributed by atoms with E-state index in [1.54, 1.807) is 0 Å². The second kappa shape index (κ2) is 3.89. The molecule has 0 N–H and O–H groups in total. The molecule has 2 rings (SSSR count). The highest BCUT2D eigenvalue weighted by Gasteiger charge is 2.37. The fourth-order valence-electron chi connectivity index (χ4n) is 2.77. The first-order valence-electron chi connectivity index (χ1n) is 5.68. The van der Waals surface area contributed by atoms with Crippen LogP contribution in [0.15, 0.2) is 0 Å². The number of hydrogen-bond donors (Lipinski definition) is 0. The standard InChI is InChI=1S/C11H18O3S/c1-8-2-3-11(12)5-10(8)4-9-6-15(13,14)7-9/h8-10H,2-7H2,1H3. The van der Waals surface area contributed by atoms with Crippen LogP contribution in [0.1, 0.15) is 32.6 Å². The van der Waals surface area contributed by atoms with E-state index in [-0.39, 0.29) is 0 Å². The highest BCUT2D eigenvalue weighted by Crippen LogP contribution is 2.35. The van der Waals surface area contributed by atoms with Gasteiger partial charge >= 0.3 is 0 Å². The molecule has 0 radical (unpaired) electrons. The molecular weight excluding hydrogens is 212 g/mol. The van der Waals surface area contributed by atoms with Gasteiger partial charge < -0.3 is 0 Å². The third-order valence-electron chi connectivity index (χ3n) is 3.79. The zero-order valence-corrected chi connectivity index (χ0v) is 9.92. The summed E-state index contributed by atoms with van der Waals surface area (Å²) in [5.74, 6) is 2.42. The summed E-state index contributed by atoms with van der Waals surface area (Å²) in [6.07, 6.45) is 3.33. The van der Waals surface area contributed by atoms with Crippen molar-refractivity contribution in [3.05, 3.63) is 0 Å². The lowest BCUT2D eigenvalue weighted by molar-refractivity contribution is -0.122. The average Bonchev–Trinajstić information content (AvgIpc) is 2.08. The van der Waals surface area contributed by atoms with Crippen molar-refractivity contribution in [3.63, 3.8) is 0 Å². The molecule has 86 valence electrons. The molecule has 0 amide bonds. The molecule has 0 spiro atoms. The average molecular weight is 230 g/mol. The van der Waals surface area contributed by atoms with Crippen molar-refractivity contribution in [2.75, 3.05) is 11.5 Å². The smallest absolute Gasteiger partial charge is 0.150 e. The molecule has 1 heterocycles. The van der Waals surface area contributed by atoms with Crippen molar-refractivity contribution in [1.29, 1.82) is 0 Å². The Morgan fingerprint density at radius 2 is 2.00 bits per heavy atom. The quantitative estimate of drug-likeness (QED) is 0.721. The molecule has 0 aromatic rings. The molecule has 2 fully saturated rings. The third-order valence-corrected chi connectivity index (χ3v) is 5.75. The fraction of sp³-hybridized carbons (Fsp3) is 0.909. The van der Waals surface area contributed by atoms with Gasteiger partial charge in [0, 0.05) is 12.8 Å². The number of hydrogen-bond acceptors (Lipinski definition) is 3. The largest absolute Gasteiger partial charge is 0.300 e. The van der Waals surface area contributed by atoms with E-state index in [1.165, 1.54) is 0 Å². The van der Waals surface area contributed by atoms with Crippen LogP contribution in [0.5, 0.6) is 0 Å². The van der Waals surface area contributed by atoms with Gasteiger partial charge in [-0.05, 0) is 30.6 Å². The summed E-state index contributed by atoms with van der Waals surface area (Å²) < 4.78 is 22.0. The molecule has 2 atom stereocenters. The number of sulfone groups is 1. The van der Waals surface area contributed by atoms with Crippen molar-refractivity contribution in [2.24, 2.45) is 17.8 Å². The van der Waals surface area contributed by atoms with Crippen LogP contribution >= 0.6 is 0 Å². The Labute approximate surface area is 91.2 Å².